The molecule has 2 aromatic carbocycles. The van der Waals surface area contributed by atoms with Crippen LogP contribution < -0.4 is 10.1 Å². The van der Waals surface area contributed by atoms with E-state index < -0.39 is 6.10 Å². The minimum atomic E-state index is -0.692. The molecule has 0 aliphatic heterocycles. The Bertz CT molecular complexity index is 1000. The van der Waals surface area contributed by atoms with Gasteiger partial charge in [0.05, 0.1) is 23.6 Å². The lowest BCUT2D eigenvalue weighted by Gasteiger charge is -2.15. The topological polar surface area (TPSA) is 56.2 Å². The van der Waals surface area contributed by atoms with Gasteiger partial charge in [-0.2, -0.15) is 5.10 Å². The quantitative estimate of drug-likeness (QED) is 0.589. The zero-order valence-corrected chi connectivity index (χ0v) is 17.5. The third-order valence-corrected chi connectivity index (χ3v) is 4.88. The molecule has 7 heteroatoms. The Labute approximate surface area is 171 Å². The van der Waals surface area contributed by atoms with Crippen LogP contribution in [0.5, 0.6) is 5.75 Å². The standard InChI is InChI=1S/C21H21BrFN3O2/c1-13-20(14(2)26(25-13)12-16-7-4-5-10-19(16)23)24-21(27)15(3)28-18-9-6-8-17(22)11-18/h4-11,15H,12H2,1-3H3,(H,24,27)/t15-/m0/s1. The summed E-state index contributed by atoms with van der Waals surface area (Å²) in [6, 6.07) is 13.9. The van der Waals surface area contributed by atoms with Crippen LogP contribution in [-0.2, 0) is 11.3 Å². The maximum Gasteiger partial charge on any atom is 0.265 e. The molecule has 0 saturated heterocycles. The number of halogens is 2. The molecule has 1 amide bonds. The van der Waals surface area contributed by atoms with Crippen LogP contribution >= 0.6 is 15.9 Å². The van der Waals surface area contributed by atoms with Gasteiger partial charge < -0.3 is 10.1 Å². The number of aryl methyl sites for hydroxylation is 1. The number of hydrogen-bond acceptors (Lipinski definition) is 3. The van der Waals surface area contributed by atoms with E-state index in [0.29, 0.717) is 29.2 Å². The van der Waals surface area contributed by atoms with Gasteiger partial charge >= 0.3 is 0 Å². The van der Waals surface area contributed by atoms with Crippen molar-refractivity contribution in [1.82, 2.24) is 9.78 Å². The van der Waals surface area contributed by atoms with E-state index in [2.05, 4.69) is 26.3 Å². The number of anilines is 1. The Morgan fingerprint density at radius 2 is 2.00 bits per heavy atom. The van der Waals surface area contributed by atoms with Gasteiger partial charge in [0, 0.05) is 10.0 Å². The fraction of sp³-hybridized carbons (Fsp3) is 0.238. The SMILES string of the molecule is Cc1nn(Cc2ccccc2F)c(C)c1NC(=O)[C@H](C)Oc1cccc(Br)c1. The third-order valence-electron chi connectivity index (χ3n) is 4.39. The molecule has 3 rings (SSSR count). The average Bonchev–Trinajstić information content (AvgIpc) is 2.91. The molecule has 0 bridgehead atoms. The maximum atomic E-state index is 13.9. The number of carbonyl (C=O) groups is 1. The van der Waals surface area contributed by atoms with Crippen molar-refractivity contribution in [2.45, 2.75) is 33.4 Å². The molecule has 1 heterocycles. The Balaban J connectivity index is 1.72. The molecule has 5 nitrogen and oxygen atoms in total. The number of nitrogens with zero attached hydrogens (tertiary/aromatic N) is 2. The van der Waals surface area contributed by atoms with Crippen LogP contribution in [0, 0.1) is 19.7 Å². The summed E-state index contributed by atoms with van der Waals surface area (Å²) < 4.78 is 22.2. The summed E-state index contributed by atoms with van der Waals surface area (Å²) in [6.45, 7) is 5.63. The van der Waals surface area contributed by atoms with E-state index in [9.17, 15) is 9.18 Å². The number of rotatable bonds is 6. The molecule has 3 aromatic rings. The Morgan fingerprint density at radius 3 is 2.71 bits per heavy atom. The zero-order valence-electron chi connectivity index (χ0n) is 15.9. The number of benzene rings is 2. The normalized spacial score (nSPS) is 11.9. The zero-order chi connectivity index (χ0) is 20.3. The maximum absolute atomic E-state index is 13.9. The van der Waals surface area contributed by atoms with Gasteiger partial charge in [0.1, 0.15) is 11.6 Å². The van der Waals surface area contributed by atoms with Crippen LogP contribution in [0.3, 0.4) is 0 Å². The lowest BCUT2D eigenvalue weighted by Crippen LogP contribution is -2.30. The van der Waals surface area contributed by atoms with Crippen molar-refractivity contribution in [3.05, 3.63) is 75.8 Å². The molecule has 1 atom stereocenters. The van der Waals surface area contributed by atoms with Gasteiger partial charge in [-0.25, -0.2) is 4.39 Å². The van der Waals surface area contributed by atoms with E-state index in [1.807, 2.05) is 19.1 Å². The first-order valence-corrected chi connectivity index (χ1v) is 9.65. The Morgan fingerprint density at radius 1 is 1.25 bits per heavy atom. The summed E-state index contributed by atoms with van der Waals surface area (Å²) in [7, 11) is 0. The Hall–Kier alpha value is -2.67. The van der Waals surface area contributed by atoms with Crippen molar-refractivity contribution in [2.24, 2.45) is 0 Å². The van der Waals surface area contributed by atoms with Crippen molar-refractivity contribution < 1.29 is 13.9 Å². The molecule has 0 saturated carbocycles. The first-order valence-electron chi connectivity index (χ1n) is 8.85. The Kier molecular flexibility index (Phi) is 6.14. The molecule has 0 unspecified atom stereocenters. The third kappa shape index (κ3) is 4.59. The van der Waals surface area contributed by atoms with E-state index in [1.54, 1.807) is 48.9 Å². The second kappa shape index (κ2) is 8.56. The summed E-state index contributed by atoms with van der Waals surface area (Å²) in [5.74, 6) is 0.0361. The van der Waals surface area contributed by atoms with Crippen molar-refractivity contribution >= 4 is 27.5 Å². The van der Waals surface area contributed by atoms with Gasteiger partial charge in [0.25, 0.3) is 5.91 Å². The monoisotopic (exact) mass is 445 g/mol. The molecule has 146 valence electrons. The summed E-state index contributed by atoms with van der Waals surface area (Å²) in [5.41, 5.74) is 2.57. The lowest BCUT2D eigenvalue weighted by molar-refractivity contribution is -0.122. The highest BCUT2D eigenvalue weighted by Crippen LogP contribution is 2.23. The summed E-state index contributed by atoms with van der Waals surface area (Å²) in [6.07, 6.45) is -0.692. The molecular weight excluding hydrogens is 425 g/mol. The molecule has 28 heavy (non-hydrogen) atoms. The molecule has 0 fully saturated rings. The van der Waals surface area contributed by atoms with Gasteiger partial charge in [-0.05, 0) is 45.0 Å². The number of carbonyl (C=O) groups excluding carboxylic acids is 1. The highest BCUT2D eigenvalue weighted by atomic mass is 79.9. The van der Waals surface area contributed by atoms with Crippen molar-refractivity contribution in [2.75, 3.05) is 5.32 Å². The van der Waals surface area contributed by atoms with Crippen LogP contribution in [0.25, 0.3) is 0 Å². The van der Waals surface area contributed by atoms with E-state index in [0.717, 1.165) is 10.2 Å². The van der Waals surface area contributed by atoms with E-state index >= 15 is 0 Å². The highest BCUT2D eigenvalue weighted by Gasteiger charge is 2.20. The van der Waals surface area contributed by atoms with Gasteiger partial charge in [-0.3, -0.25) is 9.48 Å². The van der Waals surface area contributed by atoms with E-state index in [-0.39, 0.29) is 11.7 Å². The minimum absolute atomic E-state index is 0.281. The molecule has 0 radical (unpaired) electrons. The van der Waals surface area contributed by atoms with E-state index in [1.165, 1.54) is 6.07 Å². The number of nitrogens with one attached hydrogen (secondary N) is 1. The summed E-state index contributed by atoms with van der Waals surface area (Å²) in [4.78, 5) is 12.6. The molecule has 0 spiro atoms. The largest absolute Gasteiger partial charge is 0.481 e. The average molecular weight is 446 g/mol. The molecule has 0 aliphatic carbocycles. The lowest BCUT2D eigenvalue weighted by atomic mass is 10.2. The number of hydrogen-bond donors (Lipinski definition) is 1. The predicted molar refractivity (Wildman–Crippen MR) is 110 cm³/mol. The smallest absolute Gasteiger partial charge is 0.265 e. The van der Waals surface area contributed by atoms with Gasteiger partial charge in [0.15, 0.2) is 6.10 Å². The highest BCUT2D eigenvalue weighted by molar-refractivity contribution is 9.10. The van der Waals surface area contributed by atoms with Crippen LogP contribution in [0.15, 0.2) is 53.0 Å². The first-order chi connectivity index (χ1) is 13.3. The fourth-order valence-electron chi connectivity index (χ4n) is 2.84. The second-order valence-electron chi connectivity index (χ2n) is 6.50. The van der Waals surface area contributed by atoms with E-state index in [4.69, 9.17) is 4.74 Å². The van der Waals surface area contributed by atoms with Crippen molar-refractivity contribution in [3.8, 4) is 5.75 Å². The number of ether oxygens (including phenoxy) is 1. The molecular formula is C21H21BrFN3O2. The number of aromatic nitrogens is 2. The molecule has 1 aromatic heterocycles. The summed E-state index contributed by atoms with van der Waals surface area (Å²) >= 11 is 3.38. The van der Waals surface area contributed by atoms with Crippen LogP contribution in [-0.4, -0.2) is 21.8 Å². The second-order valence-corrected chi connectivity index (χ2v) is 7.42. The van der Waals surface area contributed by atoms with Gasteiger partial charge in [-0.1, -0.05) is 40.2 Å². The van der Waals surface area contributed by atoms with Gasteiger partial charge in [0.2, 0.25) is 0 Å². The molecule has 0 aliphatic rings. The van der Waals surface area contributed by atoms with Crippen LogP contribution in [0.4, 0.5) is 10.1 Å². The minimum Gasteiger partial charge on any atom is -0.481 e. The summed E-state index contributed by atoms with van der Waals surface area (Å²) in [5, 5.41) is 7.32. The van der Waals surface area contributed by atoms with Crippen molar-refractivity contribution in [3.63, 3.8) is 0 Å². The predicted octanol–water partition coefficient (Wildman–Crippen LogP) is 4.86. The fourth-order valence-corrected chi connectivity index (χ4v) is 3.22. The van der Waals surface area contributed by atoms with Crippen LogP contribution in [0.2, 0.25) is 0 Å². The van der Waals surface area contributed by atoms with Crippen LogP contribution in [0.1, 0.15) is 23.9 Å². The molecule has 1 N–H and O–H groups in total. The number of amides is 1. The van der Waals surface area contributed by atoms with Crippen molar-refractivity contribution in [1.29, 1.82) is 0 Å². The van der Waals surface area contributed by atoms with Gasteiger partial charge in [-0.15, -0.1) is 0 Å². The first kappa shape index (κ1) is 20.1.